The number of alkyl halides is 1. The highest BCUT2D eigenvalue weighted by molar-refractivity contribution is 7.92. The summed E-state index contributed by atoms with van der Waals surface area (Å²) in [7, 11) is -3.97. The number of hydrogen-bond acceptors (Lipinski definition) is 5. The number of rotatable bonds is 5. The Morgan fingerprint density at radius 2 is 1.95 bits per heavy atom. The summed E-state index contributed by atoms with van der Waals surface area (Å²) < 4.78 is 69.8. The first kappa shape index (κ1) is 14.8. The van der Waals surface area contributed by atoms with E-state index in [1.54, 1.807) is 0 Å². The fourth-order valence-corrected chi connectivity index (χ4v) is 3.19. The van der Waals surface area contributed by atoms with Crippen molar-refractivity contribution < 1.29 is 26.0 Å². The SMILES string of the molecule is O=S(=O)(CC1(F)CC1)Nc1nnc(-c2ccc(F)c(F)c2)o1. The van der Waals surface area contributed by atoms with Gasteiger partial charge < -0.3 is 4.42 Å². The Bertz CT molecular complexity index is 818. The second-order valence-corrected chi connectivity index (χ2v) is 6.78. The normalized spacial score (nSPS) is 16.5. The standard InChI is InChI=1S/C12H10F3N3O3S/c13-8-2-1-7(5-9(8)14)10-16-17-11(21-10)18-22(19,20)6-12(15)3-4-12/h1-2,5H,3-4,6H2,(H,17,18). The van der Waals surface area contributed by atoms with Crippen molar-refractivity contribution in [3.05, 3.63) is 29.8 Å². The third-order valence-electron chi connectivity index (χ3n) is 3.08. The zero-order valence-electron chi connectivity index (χ0n) is 11.0. The maximum Gasteiger partial charge on any atom is 0.329 e. The maximum atomic E-state index is 13.5. The highest BCUT2D eigenvalue weighted by atomic mass is 32.2. The molecule has 3 rings (SSSR count). The first-order valence-corrected chi connectivity index (χ1v) is 7.90. The molecule has 1 heterocycles. The van der Waals surface area contributed by atoms with Gasteiger partial charge in [0.2, 0.25) is 15.9 Å². The largest absolute Gasteiger partial charge is 0.403 e. The minimum Gasteiger partial charge on any atom is -0.403 e. The molecule has 0 radical (unpaired) electrons. The fourth-order valence-electron chi connectivity index (χ4n) is 1.80. The van der Waals surface area contributed by atoms with Crippen molar-refractivity contribution in [2.75, 3.05) is 10.5 Å². The molecule has 1 fully saturated rings. The van der Waals surface area contributed by atoms with Gasteiger partial charge in [0.05, 0.1) is 0 Å². The van der Waals surface area contributed by atoms with Crippen LogP contribution in [0.2, 0.25) is 0 Å². The summed E-state index contributed by atoms with van der Waals surface area (Å²) in [5.41, 5.74) is -1.62. The molecule has 1 N–H and O–H groups in total. The molecule has 6 nitrogen and oxygen atoms in total. The van der Waals surface area contributed by atoms with E-state index in [4.69, 9.17) is 4.42 Å². The first-order chi connectivity index (χ1) is 10.3. The molecule has 0 atom stereocenters. The summed E-state index contributed by atoms with van der Waals surface area (Å²) in [6, 6.07) is 2.44. The number of anilines is 1. The van der Waals surface area contributed by atoms with Crippen molar-refractivity contribution >= 4 is 16.0 Å². The summed E-state index contributed by atoms with van der Waals surface area (Å²) in [6.45, 7) is 0. The first-order valence-electron chi connectivity index (χ1n) is 6.25. The lowest BCUT2D eigenvalue weighted by molar-refractivity contribution is 0.341. The Kier molecular flexibility index (Phi) is 3.35. The number of nitrogens with zero attached hydrogens (tertiary/aromatic N) is 2. The van der Waals surface area contributed by atoms with E-state index < -0.39 is 39.1 Å². The molecular formula is C12H10F3N3O3S. The Morgan fingerprint density at radius 1 is 1.23 bits per heavy atom. The van der Waals surface area contributed by atoms with Crippen LogP contribution >= 0.6 is 0 Å². The van der Waals surface area contributed by atoms with E-state index in [1.165, 1.54) is 6.07 Å². The lowest BCUT2D eigenvalue weighted by Crippen LogP contribution is -2.24. The van der Waals surface area contributed by atoms with Crippen molar-refractivity contribution in [2.24, 2.45) is 0 Å². The van der Waals surface area contributed by atoms with E-state index in [0.717, 1.165) is 12.1 Å². The molecule has 1 aromatic heterocycles. The van der Waals surface area contributed by atoms with Crippen LogP contribution in [0.1, 0.15) is 12.8 Å². The number of halogens is 3. The molecule has 10 heteroatoms. The molecule has 2 aromatic rings. The molecule has 0 unspecified atom stereocenters. The van der Waals surface area contributed by atoms with E-state index in [0.29, 0.717) is 0 Å². The van der Waals surface area contributed by atoms with Crippen molar-refractivity contribution in [3.63, 3.8) is 0 Å². The second kappa shape index (κ2) is 4.97. The number of hydrogen-bond donors (Lipinski definition) is 1. The lowest BCUT2D eigenvalue weighted by atomic mass is 10.2. The van der Waals surface area contributed by atoms with Crippen LogP contribution in [0.4, 0.5) is 19.2 Å². The zero-order chi connectivity index (χ0) is 16.0. The molecule has 1 aliphatic carbocycles. The minimum atomic E-state index is -3.97. The van der Waals surface area contributed by atoms with Crippen LogP contribution in [0.15, 0.2) is 22.6 Å². The Labute approximate surface area is 123 Å². The molecule has 1 aliphatic rings. The van der Waals surface area contributed by atoms with Gasteiger partial charge in [0.25, 0.3) is 0 Å². The van der Waals surface area contributed by atoms with Crippen LogP contribution in [0, 0.1) is 11.6 Å². The smallest absolute Gasteiger partial charge is 0.329 e. The molecule has 118 valence electrons. The van der Waals surface area contributed by atoms with Gasteiger partial charge in [0.1, 0.15) is 11.4 Å². The number of benzene rings is 1. The molecular weight excluding hydrogens is 323 g/mol. The van der Waals surface area contributed by atoms with Gasteiger partial charge in [-0.1, -0.05) is 5.10 Å². The maximum absolute atomic E-state index is 13.5. The third kappa shape index (κ3) is 3.21. The predicted molar refractivity (Wildman–Crippen MR) is 70.1 cm³/mol. The Hall–Kier alpha value is -2.10. The van der Waals surface area contributed by atoms with Gasteiger partial charge in [-0.15, -0.1) is 5.10 Å². The summed E-state index contributed by atoms with van der Waals surface area (Å²) in [4.78, 5) is 0. The van der Waals surface area contributed by atoms with Gasteiger partial charge in [0.15, 0.2) is 11.6 Å². The van der Waals surface area contributed by atoms with E-state index in [1.807, 2.05) is 4.72 Å². The molecule has 0 spiro atoms. The number of sulfonamides is 1. The highest BCUT2D eigenvalue weighted by Gasteiger charge is 2.47. The monoisotopic (exact) mass is 333 g/mol. The summed E-state index contributed by atoms with van der Waals surface area (Å²) in [5, 5.41) is 6.96. The fraction of sp³-hybridized carbons (Fsp3) is 0.333. The van der Waals surface area contributed by atoms with Crippen LogP contribution in [0.25, 0.3) is 11.5 Å². The summed E-state index contributed by atoms with van der Waals surface area (Å²) in [6.07, 6.45) is 0.385. The summed E-state index contributed by atoms with van der Waals surface area (Å²) in [5.74, 6) is -3.03. The number of nitrogens with one attached hydrogen (secondary N) is 1. The zero-order valence-corrected chi connectivity index (χ0v) is 11.8. The lowest BCUT2D eigenvalue weighted by Gasteiger charge is -2.05. The molecule has 22 heavy (non-hydrogen) atoms. The van der Waals surface area contributed by atoms with Gasteiger partial charge >= 0.3 is 6.01 Å². The molecule has 0 saturated heterocycles. The topological polar surface area (TPSA) is 85.1 Å². The van der Waals surface area contributed by atoms with Gasteiger partial charge in [-0.3, -0.25) is 0 Å². The van der Waals surface area contributed by atoms with Crippen molar-refractivity contribution in [1.82, 2.24) is 10.2 Å². The van der Waals surface area contributed by atoms with Gasteiger partial charge in [-0.25, -0.2) is 26.3 Å². The van der Waals surface area contributed by atoms with Crippen LogP contribution in [-0.4, -0.2) is 30.0 Å². The molecule has 0 aliphatic heterocycles. The van der Waals surface area contributed by atoms with E-state index >= 15 is 0 Å². The average molecular weight is 333 g/mol. The molecule has 1 saturated carbocycles. The quantitative estimate of drug-likeness (QED) is 0.907. The van der Waals surface area contributed by atoms with Crippen LogP contribution in [0.5, 0.6) is 0 Å². The number of aromatic nitrogens is 2. The van der Waals surface area contributed by atoms with Crippen LogP contribution < -0.4 is 4.72 Å². The van der Waals surface area contributed by atoms with E-state index in [-0.39, 0.29) is 24.3 Å². The minimum absolute atomic E-state index is 0.0843. The molecule has 0 bridgehead atoms. The van der Waals surface area contributed by atoms with Gasteiger partial charge in [0, 0.05) is 5.56 Å². The van der Waals surface area contributed by atoms with Crippen molar-refractivity contribution in [2.45, 2.75) is 18.5 Å². The van der Waals surface area contributed by atoms with Crippen LogP contribution in [-0.2, 0) is 10.0 Å². The van der Waals surface area contributed by atoms with Gasteiger partial charge in [-0.05, 0) is 31.0 Å². The summed E-state index contributed by atoms with van der Waals surface area (Å²) >= 11 is 0. The van der Waals surface area contributed by atoms with Crippen LogP contribution in [0.3, 0.4) is 0 Å². The van der Waals surface area contributed by atoms with E-state index in [2.05, 4.69) is 10.2 Å². The molecule has 0 amide bonds. The second-order valence-electron chi connectivity index (χ2n) is 5.05. The Balaban J connectivity index is 1.77. The van der Waals surface area contributed by atoms with Gasteiger partial charge in [-0.2, -0.15) is 0 Å². The third-order valence-corrected chi connectivity index (χ3v) is 4.46. The Morgan fingerprint density at radius 3 is 2.59 bits per heavy atom. The van der Waals surface area contributed by atoms with Crippen molar-refractivity contribution in [1.29, 1.82) is 0 Å². The van der Waals surface area contributed by atoms with Crippen molar-refractivity contribution in [3.8, 4) is 11.5 Å². The average Bonchev–Trinajstić information content (AvgIpc) is 2.95. The predicted octanol–water partition coefficient (Wildman–Crippen LogP) is 2.26. The molecule has 1 aromatic carbocycles. The van der Waals surface area contributed by atoms with E-state index in [9.17, 15) is 21.6 Å². The highest BCUT2D eigenvalue weighted by Crippen LogP contribution is 2.41.